The van der Waals surface area contributed by atoms with Crippen LogP contribution in [0, 0.1) is 0 Å². The van der Waals surface area contributed by atoms with E-state index in [0.29, 0.717) is 19.6 Å². The summed E-state index contributed by atoms with van der Waals surface area (Å²) in [5.74, 6) is -0.326. The maximum Gasteiger partial charge on any atom is 1.00 e. The fourth-order valence-corrected chi connectivity index (χ4v) is 0.954. The Morgan fingerprint density at radius 2 is 2.00 bits per heavy atom. The van der Waals surface area contributed by atoms with E-state index in [1.165, 1.54) is 0 Å². The van der Waals surface area contributed by atoms with Gasteiger partial charge in [-0.3, -0.25) is 0 Å². The predicted molar refractivity (Wildman–Crippen MR) is 35.7 cm³/mol. The van der Waals surface area contributed by atoms with E-state index in [2.05, 4.69) is 0 Å². The van der Waals surface area contributed by atoms with Crippen molar-refractivity contribution in [1.82, 2.24) is 0 Å². The van der Waals surface area contributed by atoms with Gasteiger partial charge in [-0.1, -0.05) is 0 Å². The van der Waals surface area contributed by atoms with E-state index in [9.17, 15) is 13.0 Å². The monoisotopic (exact) mass is 190 g/mol. The molecule has 0 bridgehead atoms. The smallest absolute Gasteiger partial charge is 0.748 e. The third-order valence-corrected chi connectivity index (χ3v) is 1.68. The summed E-state index contributed by atoms with van der Waals surface area (Å²) in [5, 5.41) is 0. The second-order valence-corrected chi connectivity index (χ2v) is 3.34. The Balaban J connectivity index is 0. The Labute approximate surface area is 89.4 Å². The Bertz CT molecular complexity index is 165. The molecule has 0 atom stereocenters. The van der Waals surface area contributed by atoms with Crippen LogP contribution < -0.4 is 29.6 Å². The summed E-state index contributed by atoms with van der Waals surface area (Å²) < 4.78 is 34.8. The van der Waals surface area contributed by atoms with Crippen LogP contribution in [0.5, 0.6) is 0 Å². The molecule has 0 spiro atoms. The largest absolute Gasteiger partial charge is 1.00 e. The van der Waals surface area contributed by atoms with E-state index in [1.807, 2.05) is 6.92 Å². The summed E-state index contributed by atoms with van der Waals surface area (Å²) in [6.07, 6.45) is 0.291. The van der Waals surface area contributed by atoms with Crippen LogP contribution in [0.3, 0.4) is 0 Å². The van der Waals surface area contributed by atoms with Gasteiger partial charge in [0.2, 0.25) is 0 Å². The van der Waals surface area contributed by atoms with Crippen LogP contribution in [-0.2, 0) is 14.9 Å². The molecule has 62 valence electrons. The second kappa shape index (κ2) is 7.52. The number of hydrogen-bond donors (Lipinski definition) is 0. The first-order valence-corrected chi connectivity index (χ1v) is 4.65. The molecule has 0 saturated carbocycles. The van der Waals surface area contributed by atoms with Crippen molar-refractivity contribution in [3.05, 3.63) is 0 Å². The Kier molecular flexibility index (Phi) is 9.84. The van der Waals surface area contributed by atoms with Crippen molar-refractivity contribution < 1.29 is 47.3 Å². The van der Waals surface area contributed by atoms with Crippen molar-refractivity contribution in [2.24, 2.45) is 0 Å². The van der Waals surface area contributed by atoms with Gasteiger partial charge in [-0.15, -0.1) is 0 Å². The molecule has 0 aliphatic heterocycles. The van der Waals surface area contributed by atoms with Crippen molar-refractivity contribution in [2.75, 3.05) is 19.0 Å². The van der Waals surface area contributed by atoms with Gasteiger partial charge in [-0.25, -0.2) is 8.42 Å². The van der Waals surface area contributed by atoms with E-state index in [4.69, 9.17) is 4.74 Å². The molecule has 4 nitrogen and oxygen atoms in total. The number of hydrogen-bond acceptors (Lipinski definition) is 4. The third-order valence-electron chi connectivity index (χ3n) is 0.887. The number of ether oxygens (including phenoxy) is 1. The Morgan fingerprint density at radius 1 is 1.45 bits per heavy atom. The van der Waals surface area contributed by atoms with Crippen LogP contribution in [0.2, 0.25) is 0 Å². The SMILES string of the molecule is CCOCCCS(=O)(=O)[O-].[Na+]. The van der Waals surface area contributed by atoms with Crippen molar-refractivity contribution in [3.8, 4) is 0 Å². The first kappa shape index (κ1) is 14.4. The van der Waals surface area contributed by atoms with Gasteiger partial charge in [0.1, 0.15) is 0 Å². The van der Waals surface area contributed by atoms with Crippen molar-refractivity contribution in [3.63, 3.8) is 0 Å². The Hall–Kier alpha value is 0.870. The molecule has 0 unspecified atom stereocenters. The van der Waals surface area contributed by atoms with Crippen LogP contribution in [0.15, 0.2) is 0 Å². The van der Waals surface area contributed by atoms with E-state index in [0.717, 1.165) is 0 Å². The zero-order chi connectivity index (χ0) is 8.04. The first-order chi connectivity index (χ1) is 4.56. The summed E-state index contributed by atoms with van der Waals surface area (Å²) in [7, 11) is -4.03. The molecule has 0 aromatic rings. The van der Waals surface area contributed by atoms with E-state index >= 15 is 0 Å². The molecule has 0 heterocycles. The molecule has 6 heteroatoms. The maximum atomic E-state index is 9.98. The normalized spacial score (nSPS) is 10.7. The fraction of sp³-hybridized carbons (Fsp3) is 1.00. The Morgan fingerprint density at radius 3 is 2.36 bits per heavy atom. The summed E-state index contributed by atoms with van der Waals surface area (Å²) in [6, 6.07) is 0. The zero-order valence-corrected chi connectivity index (χ0v) is 9.69. The van der Waals surface area contributed by atoms with Gasteiger partial charge < -0.3 is 9.29 Å². The molecular formula is C5H11NaO4S. The van der Waals surface area contributed by atoms with Crippen LogP contribution >= 0.6 is 0 Å². The molecule has 0 aliphatic rings. The van der Waals surface area contributed by atoms with Crippen molar-refractivity contribution in [1.29, 1.82) is 0 Å². The summed E-state index contributed by atoms with van der Waals surface area (Å²) in [6.45, 7) is 2.71. The predicted octanol–water partition coefficient (Wildman–Crippen LogP) is -3.04. The van der Waals surface area contributed by atoms with Crippen LogP contribution in [0.25, 0.3) is 0 Å². The van der Waals surface area contributed by atoms with Crippen LogP contribution in [0.1, 0.15) is 13.3 Å². The van der Waals surface area contributed by atoms with Gasteiger partial charge in [0.15, 0.2) is 0 Å². The maximum absolute atomic E-state index is 9.98. The minimum Gasteiger partial charge on any atom is -0.748 e. The second-order valence-electron chi connectivity index (χ2n) is 1.81. The fourth-order valence-electron chi connectivity index (χ4n) is 0.482. The summed E-state index contributed by atoms with van der Waals surface area (Å²) in [4.78, 5) is 0. The molecule has 0 aliphatic carbocycles. The van der Waals surface area contributed by atoms with Gasteiger partial charge >= 0.3 is 29.6 Å². The van der Waals surface area contributed by atoms with Crippen LogP contribution in [-0.4, -0.2) is 31.9 Å². The van der Waals surface area contributed by atoms with E-state index in [-0.39, 0.29) is 35.3 Å². The summed E-state index contributed by atoms with van der Waals surface area (Å²) >= 11 is 0. The van der Waals surface area contributed by atoms with Gasteiger partial charge in [-0.2, -0.15) is 0 Å². The third kappa shape index (κ3) is 13.8. The molecule has 0 N–H and O–H groups in total. The molecule has 0 amide bonds. The molecule has 0 saturated heterocycles. The minimum absolute atomic E-state index is 0. The van der Waals surface area contributed by atoms with Gasteiger partial charge in [0, 0.05) is 19.0 Å². The molecule has 0 rings (SSSR count). The van der Waals surface area contributed by atoms with Crippen LogP contribution in [0.4, 0.5) is 0 Å². The zero-order valence-electron chi connectivity index (χ0n) is 6.87. The van der Waals surface area contributed by atoms with Crippen molar-refractivity contribution in [2.45, 2.75) is 13.3 Å². The van der Waals surface area contributed by atoms with Gasteiger partial charge in [-0.05, 0) is 13.3 Å². The average molecular weight is 190 g/mol. The molecule has 0 fully saturated rings. The number of rotatable bonds is 5. The van der Waals surface area contributed by atoms with Crippen molar-refractivity contribution >= 4 is 10.1 Å². The minimum atomic E-state index is -4.03. The summed E-state index contributed by atoms with van der Waals surface area (Å²) in [5.41, 5.74) is 0. The molecule has 0 radical (unpaired) electrons. The van der Waals surface area contributed by atoms with E-state index in [1.54, 1.807) is 0 Å². The van der Waals surface area contributed by atoms with E-state index < -0.39 is 10.1 Å². The standard InChI is InChI=1S/C5H12O4S.Na/c1-2-9-4-3-5-10(6,7)8;/h2-5H2,1H3,(H,6,7,8);/q;+1/p-1. The molecule has 0 aromatic carbocycles. The first-order valence-electron chi connectivity index (χ1n) is 3.07. The molecule has 0 aromatic heterocycles. The van der Waals surface area contributed by atoms with Gasteiger partial charge in [0.05, 0.1) is 10.1 Å². The quantitative estimate of drug-likeness (QED) is 0.263. The van der Waals surface area contributed by atoms with Gasteiger partial charge in [0.25, 0.3) is 0 Å². The molecule has 11 heavy (non-hydrogen) atoms. The molecular weight excluding hydrogens is 179 g/mol. The average Bonchev–Trinajstić information content (AvgIpc) is 1.78. The topological polar surface area (TPSA) is 66.4 Å².